The minimum Gasteiger partial charge on any atom is -0.312 e. The van der Waals surface area contributed by atoms with Gasteiger partial charge in [-0.25, -0.2) is 4.79 Å². The number of halogens is 1. The van der Waals surface area contributed by atoms with Gasteiger partial charge in [-0.05, 0) is 18.2 Å². The quantitative estimate of drug-likeness (QED) is 0.434. The first-order valence-corrected chi connectivity index (χ1v) is 4.82. The Morgan fingerprint density at radius 3 is 3.00 bits per heavy atom. The van der Waals surface area contributed by atoms with Crippen molar-refractivity contribution < 1.29 is 9.63 Å². The standard InChI is InChI=1S/C10H7ClN2O2/c11-6-9-8(10(14)15-13-9)5-7-3-1-2-4-12-7/h1-5H,6H2/b8-5+. The van der Waals surface area contributed by atoms with Gasteiger partial charge in [0, 0.05) is 6.20 Å². The molecule has 0 saturated carbocycles. The molecule has 15 heavy (non-hydrogen) atoms. The molecule has 1 aromatic heterocycles. The number of carbonyl (C=O) groups excluding carboxylic acids is 1. The molecule has 0 aliphatic carbocycles. The van der Waals surface area contributed by atoms with Crippen LogP contribution in [0.4, 0.5) is 0 Å². The van der Waals surface area contributed by atoms with E-state index in [4.69, 9.17) is 11.6 Å². The lowest BCUT2D eigenvalue weighted by molar-refractivity contribution is -0.136. The van der Waals surface area contributed by atoms with Crippen LogP contribution in [-0.2, 0) is 9.63 Å². The molecule has 5 heteroatoms. The SMILES string of the molecule is O=C1ON=C(CCl)/C1=C\c1ccccn1. The summed E-state index contributed by atoms with van der Waals surface area (Å²) in [5.74, 6) is -0.346. The van der Waals surface area contributed by atoms with Crippen molar-refractivity contribution >= 4 is 29.4 Å². The highest BCUT2D eigenvalue weighted by molar-refractivity contribution is 6.38. The first-order chi connectivity index (χ1) is 7.31. The minimum atomic E-state index is -0.490. The van der Waals surface area contributed by atoms with Crippen molar-refractivity contribution in [2.24, 2.45) is 5.16 Å². The number of nitrogens with zero attached hydrogens (tertiary/aromatic N) is 2. The van der Waals surface area contributed by atoms with Gasteiger partial charge in [-0.3, -0.25) is 4.98 Å². The molecule has 1 aliphatic heterocycles. The second-order valence-electron chi connectivity index (χ2n) is 2.86. The maximum absolute atomic E-state index is 11.3. The van der Waals surface area contributed by atoms with Gasteiger partial charge in [-0.15, -0.1) is 11.6 Å². The topological polar surface area (TPSA) is 51.5 Å². The smallest absolute Gasteiger partial charge is 0.312 e. The van der Waals surface area contributed by atoms with Crippen molar-refractivity contribution in [1.82, 2.24) is 4.98 Å². The maximum Gasteiger partial charge on any atom is 0.367 e. The van der Waals surface area contributed by atoms with Crippen LogP contribution in [0.5, 0.6) is 0 Å². The average Bonchev–Trinajstić information content (AvgIpc) is 2.62. The van der Waals surface area contributed by atoms with Crippen molar-refractivity contribution in [2.45, 2.75) is 0 Å². The van der Waals surface area contributed by atoms with E-state index in [1.54, 1.807) is 24.4 Å². The highest BCUT2D eigenvalue weighted by atomic mass is 35.5. The Labute approximate surface area is 91.2 Å². The second-order valence-corrected chi connectivity index (χ2v) is 3.13. The van der Waals surface area contributed by atoms with Crippen LogP contribution < -0.4 is 0 Å². The third-order valence-electron chi connectivity index (χ3n) is 1.88. The van der Waals surface area contributed by atoms with Crippen LogP contribution in [0.2, 0.25) is 0 Å². The van der Waals surface area contributed by atoms with Gasteiger partial charge in [0.05, 0.1) is 17.1 Å². The number of hydrogen-bond acceptors (Lipinski definition) is 4. The Kier molecular flexibility index (Phi) is 2.78. The molecule has 0 unspecified atom stereocenters. The summed E-state index contributed by atoms with van der Waals surface area (Å²) in [4.78, 5) is 19.8. The fraction of sp³-hybridized carbons (Fsp3) is 0.100. The number of pyridine rings is 1. The molecule has 0 spiro atoms. The van der Waals surface area contributed by atoms with Crippen molar-refractivity contribution in [2.75, 3.05) is 5.88 Å². The van der Waals surface area contributed by atoms with Crippen LogP contribution in [0.15, 0.2) is 35.1 Å². The van der Waals surface area contributed by atoms with E-state index in [1.807, 2.05) is 6.07 Å². The van der Waals surface area contributed by atoms with E-state index in [2.05, 4.69) is 15.0 Å². The zero-order valence-electron chi connectivity index (χ0n) is 7.68. The molecule has 0 amide bonds. The van der Waals surface area contributed by atoms with Gasteiger partial charge >= 0.3 is 5.97 Å². The largest absolute Gasteiger partial charge is 0.367 e. The normalized spacial score (nSPS) is 17.8. The molecular formula is C10H7ClN2O2. The summed E-state index contributed by atoms with van der Waals surface area (Å²) in [7, 11) is 0. The van der Waals surface area contributed by atoms with Gasteiger partial charge in [0.25, 0.3) is 0 Å². The van der Waals surface area contributed by atoms with Gasteiger partial charge < -0.3 is 4.84 Å². The van der Waals surface area contributed by atoms with Crippen molar-refractivity contribution in [1.29, 1.82) is 0 Å². The molecule has 0 radical (unpaired) electrons. The van der Waals surface area contributed by atoms with Crippen LogP contribution in [0.3, 0.4) is 0 Å². The molecule has 4 nitrogen and oxygen atoms in total. The zero-order chi connectivity index (χ0) is 10.7. The van der Waals surface area contributed by atoms with Gasteiger partial charge in [-0.1, -0.05) is 11.2 Å². The van der Waals surface area contributed by atoms with E-state index in [0.717, 1.165) is 0 Å². The van der Waals surface area contributed by atoms with Crippen molar-refractivity contribution in [3.63, 3.8) is 0 Å². The van der Waals surface area contributed by atoms with Gasteiger partial charge in [-0.2, -0.15) is 0 Å². The molecule has 1 aliphatic rings. The lowest BCUT2D eigenvalue weighted by atomic mass is 10.1. The number of rotatable bonds is 2. The van der Waals surface area contributed by atoms with Crippen LogP contribution >= 0.6 is 11.6 Å². The Morgan fingerprint density at radius 1 is 1.47 bits per heavy atom. The molecule has 0 N–H and O–H groups in total. The number of aromatic nitrogens is 1. The molecule has 0 aromatic carbocycles. The molecule has 0 fully saturated rings. The minimum absolute atomic E-state index is 0.143. The van der Waals surface area contributed by atoms with Crippen LogP contribution in [0, 0.1) is 0 Å². The highest BCUT2D eigenvalue weighted by Crippen LogP contribution is 2.15. The molecular weight excluding hydrogens is 216 g/mol. The van der Waals surface area contributed by atoms with E-state index in [-0.39, 0.29) is 5.88 Å². The molecule has 0 atom stereocenters. The van der Waals surface area contributed by atoms with Crippen molar-refractivity contribution in [3.05, 3.63) is 35.7 Å². The van der Waals surface area contributed by atoms with E-state index in [1.165, 1.54) is 0 Å². The number of oxime groups is 1. The molecule has 2 rings (SSSR count). The van der Waals surface area contributed by atoms with E-state index >= 15 is 0 Å². The second kappa shape index (κ2) is 4.23. The summed E-state index contributed by atoms with van der Waals surface area (Å²) in [6.45, 7) is 0. The third kappa shape index (κ3) is 2.05. The van der Waals surface area contributed by atoms with E-state index < -0.39 is 5.97 Å². The molecule has 0 saturated heterocycles. The lowest BCUT2D eigenvalue weighted by Gasteiger charge is -1.94. The molecule has 1 aromatic rings. The lowest BCUT2D eigenvalue weighted by Crippen LogP contribution is -2.06. The van der Waals surface area contributed by atoms with Gasteiger partial charge in [0.1, 0.15) is 5.71 Å². The van der Waals surface area contributed by atoms with Gasteiger partial charge in [0.2, 0.25) is 0 Å². The van der Waals surface area contributed by atoms with Crippen LogP contribution in [0.25, 0.3) is 6.08 Å². The Morgan fingerprint density at radius 2 is 2.33 bits per heavy atom. The van der Waals surface area contributed by atoms with E-state index in [9.17, 15) is 4.79 Å². The van der Waals surface area contributed by atoms with Crippen LogP contribution in [0.1, 0.15) is 5.69 Å². The first kappa shape index (κ1) is 9.86. The zero-order valence-corrected chi connectivity index (χ0v) is 8.44. The summed E-state index contributed by atoms with van der Waals surface area (Å²) < 4.78 is 0. The Bertz CT molecular complexity index is 440. The summed E-state index contributed by atoms with van der Waals surface area (Å²) in [5, 5.41) is 3.55. The number of carbonyl (C=O) groups is 1. The third-order valence-corrected chi connectivity index (χ3v) is 2.13. The Balaban J connectivity index is 2.34. The fourth-order valence-electron chi connectivity index (χ4n) is 1.16. The number of hydrogen-bond donors (Lipinski definition) is 0. The van der Waals surface area contributed by atoms with E-state index in [0.29, 0.717) is 17.0 Å². The maximum atomic E-state index is 11.3. The first-order valence-electron chi connectivity index (χ1n) is 4.28. The number of alkyl halides is 1. The fourth-order valence-corrected chi connectivity index (χ4v) is 1.35. The summed E-state index contributed by atoms with van der Waals surface area (Å²) in [6.07, 6.45) is 3.25. The summed E-state index contributed by atoms with van der Waals surface area (Å²) in [6, 6.07) is 5.41. The van der Waals surface area contributed by atoms with Crippen LogP contribution in [-0.4, -0.2) is 22.5 Å². The highest BCUT2D eigenvalue weighted by Gasteiger charge is 2.24. The predicted molar refractivity (Wildman–Crippen MR) is 56.5 cm³/mol. The average molecular weight is 223 g/mol. The predicted octanol–water partition coefficient (Wildman–Crippen LogP) is 1.62. The molecule has 2 heterocycles. The monoisotopic (exact) mass is 222 g/mol. The Hall–Kier alpha value is -1.68. The van der Waals surface area contributed by atoms with Gasteiger partial charge in [0.15, 0.2) is 0 Å². The summed E-state index contributed by atoms with van der Waals surface area (Å²) in [5.41, 5.74) is 1.47. The summed E-state index contributed by atoms with van der Waals surface area (Å²) >= 11 is 5.61. The molecule has 76 valence electrons. The molecule has 0 bridgehead atoms. The van der Waals surface area contributed by atoms with Crippen molar-refractivity contribution in [3.8, 4) is 0 Å².